The number of hydrogen-bond acceptors (Lipinski definition) is 6. The van der Waals surface area contributed by atoms with Crippen molar-refractivity contribution in [1.29, 1.82) is 0 Å². The molecule has 3 aromatic rings. The first kappa shape index (κ1) is 17.9. The molecule has 4 N–H and O–H groups in total. The van der Waals surface area contributed by atoms with Crippen molar-refractivity contribution in [3.63, 3.8) is 0 Å². The van der Waals surface area contributed by atoms with E-state index in [2.05, 4.69) is 64.2 Å². The van der Waals surface area contributed by atoms with Crippen LogP contribution in [0.15, 0.2) is 54.6 Å². The number of anilines is 1. The van der Waals surface area contributed by atoms with Crippen molar-refractivity contribution in [1.82, 2.24) is 20.8 Å². The van der Waals surface area contributed by atoms with E-state index >= 15 is 0 Å². The number of benzene rings is 2. The SMILES string of the molecule is CN(CC1CNNC1c1ccccc1)c1nc(CCN)nc2ccccc12. The Morgan fingerprint density at radius 1 is 1.07 bits per heavy atom. The fourth-order valence-electron chi connectivity index (χ4n) is 3.80. The van der Waals surface area contributed by atoms with Crippen molar-refractivity contribution in [3.8, 4) is 0 Å². The highest BCUT2D eigenvalue weighted by molar-refractivity contribution is 5.89. The van der Waals surface area contributed by atoms with Gasteiger partial charge in [0.25, 0.3) is 0 Å². The number of nitrogens with two attached hydrogens (primary N) is 1. The number of fused-ring (bicyclic) bond motifs is 1. The molecular weight excluding hydrogens is 336 g/mol. The number of aromatic nitrogens is 2. The highest BCUT2D eigenvalue weighted by atomic mass is 15.4. The van der Waals surface area contributed by atoms with Gasteiger partial charge in [0.1, 0.15) is 11.6 Å². The minimum atomic E-state index is 0.283. The third-order valence-corrected chi connectivity index (χ3v) is 5.12. The number of rotatable bonds is 6. The average Bonchev–Trinajstić information content (AvgIpc) is 3.16. The molecule has 140 valence electrons. The molecule has 1 aliphatic heterocycles. The molecule has 1 aromatic heterocycles. The van der Waals surface area contributed by atoms with Crippen molar-refractivity contribution in [3.05, 3.63) is 66.0 Å². The van der Waals surface area contributed by atoms with Gasteiger partial charge in [0.2, 0.25) is 0 Å². The van der Waals surface area contributed by atoms with Gasteiger partial charge in [0.15, 0.2) is 0 Å². The van der Waals surface area contributed by atoms with Gasteiger partial charge in [-0.15, -0.1) is 0 Å². The van der Waals surface area contributed by atoms with Gasteiger partial charge in [-0.2, -0.15) is 0 Å². The van der Waals surface area contributed by atoms with Gasteiger partial charge in [0, 0.05) is 37.9 Å². The van der Waals surface area contributed by atoms with Gasteiger partial charge in [-0.1, -0.05) is 42.5 Å². The van der Waals surface area contributed by atoms with E-state index in [4.69, 9.17) is 10.7 Å². The highest BCUT2D eigenvalue weighted by Gasteiger charge is 2.29. The molecule has 0 saturated carbocycles. The van der Waals surface area contributed by atoms with Crippen LogP contribution in [0, 0.1) is 5.92 Å². The van der Waals surface area contributed by atoms with Crippen LogP contribution in [0.3, 0.4) is 0 Å². The Morgan fingerprint density at radius 2 is 1.85 bits per heavy atom. The minimum Gasteiger partial charge on any atom is -0.359 e. The summed E-state index contributed by atoms with van der Waals surface area (Å²) in [6, 6.07) is 19.1. The van der Waals surface area contributed by atoms with E-state index in [0.717, 1.165) is 35.6 Å². The maximum Gasteiger partial charge on any atom is 0.139 e. The van der Waals surface area contributed by atoms with Crippen LogP contribution in [0.1, 0.15) is 17.4 Å². The van der Waals surface area contributed by atoms with Crippen molar-refractivity contribution >= 4 is 16.7 Å². The first-order chi connectivity index (χ1) is 13.3. The standard InChI is InChI=1S/C21H26N6/c1-27(14-16-13-23-26-20(16)15-7-3-2-4-8-15)21-17-9-5-6-10-18(17)24-19(25-21)11-12-22/h2-10,16,20,23,26H,11-14,22H2,1H3. The summed E-state index contributed by atoms with van der Waals surface area (Å²) in [6.07, 6.45) is 0.685. The molecule has 2 atom stereocenters. The molecule has 1 fully saturated rings. The lowest BCUT2D eigenvalue weighted by Crippen LogP contribution is -2.31. The third-order valence-electron chi connectivity index (χ3n) is 5.12. The molecule has 0 radical (unpaired) electrons. The Balaban J connectivity index is 1.61. The van der Waals surface area contributed by atoms with E-state index in [1.807, 2.05) is 18.2 Å². The normalized spacial score (nSPS) is 19.5. The largest absolute Gasteiger partial charge is 0.359 e. The van der Waals surface area contributed by atoms with Gasteiger partial charge in [-0.25, -0.2) is 15.4 Å². The Hall–Kier alpha value is -2.54. The summed E-state index contributed by atoms with van der Waals surface area (Å²) in [5, 5.41) is 1.08. The fourth-order valence-corrected chi connectivity index (χ4v) is 3.80. The lowest BCUT2D eigenvalue weighted by molar-refractivity contribution is 0.475. The summed E-state index contributed by atoms with van der Waals surface area (Å²) < 4.78 is 0. The summed E-state index contributed by atoms with van der Waals surface area (Å²) in [6.45, 7) is 2.36. The van der Waals surface area contributed by atoms with Crippen molar-refractivity contribution < 1.29 is 0 Å². The molecule has 4 rings (SSSR count). The van der Waals surface area contributed by atoms with Crippen LogP contribution in [0.25, 0.3) is 10.9 Å². The summed E-state index contributed by atoms with van der Waals surface area (Å²) in [4.78, 5) is 11.7. The lowest BCUT2D eigenvalue weighted by atomic mass is 9.94. The van der Waals surface area contributed by atoms with E-state index in [1.165, 1.54) is 5.56 Å². The summed E-state index contributed by atoms with van der Waals surface area (Å²) in [5.41, 5.74) is 14.8. The number of hydrogen-bond donors (Lipinski definition) is 3. The van der Waals surface area contributed by atoms with Crippen LogP contribution in [-0.4, -0.2) is 36.6 Å². The molecular formula is C21H26N6. The molecule has 6 heteroatoms. The van der Waals surface area contributed by atoms with Crippen molar-refractivity contribution in [2.45, 2.75) is 12.5 Å². The predicted molar refractivity (Wildman–Crippen MR) is 109 cm³/mol. The van der Waals surface area contributed by atoms with Gasteiger partial charge < -0.3 is 10.6 Å². The zero-order valence-electron chi connectivity index (χ0n) is 15.6. The molecule has 2 aromatic carbocycles. The van der Waals surface area contributed by atoms with Crippen molar-refractivity contribution in [2.75, 3.05) is 31.6 Å². The number of hydrazine groups is 1. The zero-order chi connectivity index (χ0) is 18.6. The second-order valence-corrected chi connectivity index (χ2v) is 7.07. The Labute approximate surface area is 159 Å². The quantitative estimate of drug-likeness (QED) is 0.623. The van der Waals surface area contributed by atoms with Crippen LogP contribution in [-0.2, 0) is 6.42 Å². The molecule has 0 aliphatic carbocycles. The molecule has 0 amide bonds. The Kier molecular flexibility index (Phi) is 5.29. The molecule has 0 spiro atoms. The summed E-state index contributed by atoms with van der Waals surface area (Å²) >= 11 is 0. The Morgan fingerprint density at radius 3 is 2.67 bits per heavy atom. The average molecular weight is 362 g/mol. The number of para-hydroxylation sites is 1. The van der Waals surface area contributed by atoms with E-state index < -0.39 is 0 Å². The molecule has 1 saturated heterocycles. The fraction of sp³-hybridized carbons (Fsp3) is 0.333. The minimum absolute atomic E-state index is 0.283. The summed E-state index contributed by atoms with van der Waals surface area (Å²) in [7, 11) is 2.11. The first-order valence-corrected chi connectivity index (χ1v) is 9.46. The number of nitrogens with zero attached hydrogens (tertiary/aromatic N) is 3. The third kappa shape index (κ3) is 3.78. The molecule has 6 nitrogen and oxygen atoms in total. The van der Waals surface area contributed by atoms with Gasteiger partial charge in [-0.05, 0) is 24.2 Å². The van der Waals surface area contributed by atoms with Crippen LogP contribution >= 0.6 is 0 Å². The van der Waals surface area contributed by atoms with Crippen LogP contribution < -0.4 is 21.5 Å². The first-order valence-electron chi connectivity index (χ1n) is 9.46. The molecule has 2 unspecified atom stereocenters. The smallest absolute Gasteiger partial charge is 0.139 e. The van der Waals surface area contributed by atoms with E-state index in [1.54, 1.807) is 0 Å². The van der Waals surface area contributed by atoms with Crippen LogP contribution in [0.4, 0.5) is 5.82 Å². The molecule has 2 heterocycles. The van der Waals surface area contributed by atoms with Gasteiger partial charge in [-0.3, -0.25) is 5.43 Å². The second-order valence-electron chi connectivity index (χ2n) is 7.07. The number of nitrogens with one attached hydrogen (secondary N) is 2. The van der Waals surface area contributed by atoms with E-state index in [0.29, 0.717) is 18.9 Å². The van der Waals surface area contributed by atoms with Gasteiger partial charge in [0.05, 0.1) is 11.6 Å². The second kappa shape index (κ2) is 8.00. The summed E-state index contributed by atoms with van der Waals surface area (Å²) in [5.74, 6) is 2.21. The Bertz CT molecular complexity index is 898. The van der Waals surface area contributed by atoms with Crippen molar-refractivity contribution in [2.24, 2.45) is 11.7 Å². The van der Waals surface area contributed by atoms with Crippen LogP contribution in [0.5, 0.6) is 0 Å². The van der Waals surface area contributed by atoms with Gasteiger partial charge >= 0.3 is 0 Å². The maximum atomic E-state index is 5.74. The van der Waals surface area contributed by atoms with E-state index in [9.17, 15) is 0 Å². The monoisotopic (exact) mass is 362 g/mol. The highest BCUT2D eigenvalue weighted by Crippen LogP contribution is 2.28. The lowest BCUT2D eigenvalue weighted by Gasteiger charge is -2.26. The van der Waals surface area contributed by atoms with E-state index in [-0.39, 0.29) is 6.04 Å². The molecule has 0 bridgehead atoms. The predicted octanol–water partition coefficient (Wildman–Crippen LogP) is 2.03. The maximum absolute atomic E-state index is 5.74. The van der Waals surface area contributed by atoms with Crippen LogP contribution in [0.2, 0.25) is 0 Å². The molecule has 1 aliphatic rings. The zero-order valence-corrected chi connectivity index (χ0v) is 15.6. The molecule has 27 heavy (non-hydrogen) atoms. The topological polar surface area (TPSA) is 79.1 Å².